The molecule has 0 spiro atoms. The Hall–Kier alpha value is -0.650. The Morgan fingerprint density at radius 1 is 1.44 bits per heavy atom. The first-order chi connectivity index (χ1) is 7.67. The molecule has 0 radical (unpaired) electrons. The molecule has 0 aromatic heterocycles. The molecule has 94 valence electrons. The summed E-state index contributed by atoms with van der Waals surface area (Å²) in [5.41, 5.74) is 0. The monoisotopic (exact) mass is 230 g/mol. The fourth-order valence-corrected chi connectivity index (χ4v) is 2.08. The first-order valence-electron chi connectivity index (χ1n) is 5.81. The van der Waals surface area contributed by atoms with Gasteiger partial charge in [-0.2, -0.15) is 0 Å². The van der Waals surface area contributed by atoms with Crippen molar-refractivity contribution in [1.29, 1.82) is 0 Å². The Labute approximate surface area is 97.0 Å². The third-order valence-electron chi connectivity index (χ3n) is 3.10. The van der Waals surface area contributed by atoms with E-state index in [-0.39, 0.29) is 12.6 Å². The average molecular weight is 230 g/mol. The largest absolute Gasteiger partial charge is 0.469 e. The Bertz CT molecular complexity index is 223. The summed E-state index contributed by atoms with van der Waals surface area (Å²) in [5, 5.41) is 8.86. The van der Waals surface area contributed by atoms with E-state index >= 15 is 0 Å². The molecule has 1 atom stereocenters. The third-order valence-corrected chi connectivity index (χ3v) is 3.10. The van der Waals surface area contributed by atoms with Gasteiger partial charge in [-0.1, -0.05) is 0 Å². The lowest BCUT2D eigenvalue weighted by Crippen LogP contribution is -2.52. The van der Waals surface area contributed by atoms with Crippen LogP contribution in [0, 0.1) is 0 Å². The van der Waals surface area contributed by atoms with Gasteiger partial charge in [-0.3, -0.25) is 14.6 Å². The van der Waals surface area contributed by atoms with E-state index in [2.05, 4.69) is 21.5 Å². The fourth-order valence-electron chi connectivity index (χ4n) is 2.08. The van der Waals surface area contributed by atoms with E-state index in [0.29, 0.717) is 12.5 Å². The van der Waals surface area contributed by atoms with Crippen LogP contribution in [0.3, 0.4) is 0 Å². The van der Waals surface area contributed by atoms with Crippen LogP contribution >= 0.6 is 0 Å². The minimum atomic E-state index is -0.148. The second-order valence-corrected chi connectivity index (χ2v) is 4.24. The highest BCUT2D eigenvalue weighted by atomic mass is 16.5. The number of aliphatic hydroxyl groups excluding tert-OH is 1. The van der Waals surface area contributed by atoms with E-state index < -0.39 is 0 Å². The highest BCUT2D eigenvalue weighted by molar-refractivity contribution is 5.69. The zero-order valence-electron chi connectivity index (χ0n) is 10.2. The molecule has 0 saturated carbocycles. The van der Waals surface area contributed by atoms with Crippen LogP contribution in [0.1, 0.15) is 13.3 Å². The molecule has 5 nitrogen and oxygen atoms in total. The molecule has 0 bridgehead atoms. The summed E-state index contributed by atoms with van der Waals surface area (Å²) in [7, 11) is 1.42. The second-order valence-electron chi connectivity index (χ2n) is 4.24. The number of nitrogens with zero attached hydrogens (tertiary/aromatic N) is 2. The smallest absolute Gasteiger partial charge is 0.306 e. The van der Waals surface area contributed by atoms with E-state index in [1.807, 2.05) is 0 Å². The van der Waals surface area contributed by atoms with Crippen molar-refractivity contribution in [3.8, 4) is 0 Å². The number of carbonyl (C=O) groups is 1. The Morgan fingerprint density at radius 2 is 2.19 bits per heavy atom. The van der Waals surface area contributed by atoms with Crippen molar-refractivity contribution in [2.75, 3.05) is 46.4 Å². The maximum absolute atomic E-state index is 11.0. The van der Waals surface area contributed by atoms with E-state index in [0.717, 1.165) is 32.7 Å². The molecule has 16 heavy (non-hydrogen) atoms. The van der Waals surface area contributed by atoms with Crippen molar-refractivity contribution in [2.45, 2.75) is 19.4 Å². The molecule has 1 aliphatic rings. The lowest BCUT2D eigenvalue weighted by atomic mass is 10.2. The van der Waals surface area contributed by atoms with Gasteiger partial charge in [-0.15, -0.1) is 0 Å². The maximum atomic E-state index is 11.0. The number of carbonyl (C=O) groups excluding carboxylic acids is 1. The molecule has 0 aliphatic carbocycles. The molecule has 1 fully saturated rings. The molecule has 0 unspecified atom stereocenters. The van der Waals surface area contributed by atoms with Gasteiger partial charge in [0.25, 0.3) is 0 Å². The Balaban J connectivity index is 2.27. The number of esters is 1. The normalized spacial score (nSPS) is 23.3. The minimum absolute atomic E-state index is 0.148. The average Bonchev–Trinajstić information content (AvgIpc) is 2.28. The molecule has 1 rings (SSSR count). The molecule has 0 aromatic carbocycles. The summed E-state index contributed by atoms with van der Waals surface area (Å²) < 4.78 is 4.63. The molecule has 1 heterocycles. The third kappa shape index (κ3) is 4.08. The lowest BCUT2D eigenvalue weighted by molar-refractivity contribution is -0.141. The number of methoxy groups -OCH3 is 1. The predicted molar refractivity (Wildman–Crippen MR) is 61.2 cm³/mol. The van der Waals surface area contributed by atoms with Crippen molar-refractivity contribution >= 4 is 5.97 Å². The van der Waals surface area contributed by atoms with E-state index in [1.165, 1.54) is 7.11 Å². The first-order valence-corrected chi connectivity index (χ1v) is 5.81. The molecule has 1 aliphatic heterocycles. The van der Waals surface area contributed by atoms with Crippen molar-refractivity contribution < 1.29 is 14.6 Å². The van der Waals surface area contributed by atoms with Gasteiger partial charge in [0, 0.05) is 38.8 Å². The molecule has 0 aromatic rings. The zero-order chi connectivity index (χ0) is 12.0. The molecule has 0 amide bonds. The number of rotatable bonds is 5. The molecular formula is C11H22N2O3. The SMILES string of the molecule is COC(=O)CCN1CCN(CCO)C[C@@H]1C. The topological polar surface area (TPSA) is 53.0 Å². The molecule has 5 heteroatoms. The van der Waals surface area contributed by atoms with Crippen molar-refractivity contribution in [2.24, 2.45) is 0 Å². The quantitative estimate of drug-likeness (QED) is 0.648. The van der Waals surface area contributed by atoms with Crippen LogP contribution in [0.15, 0.2) is 0 Å². The molecule has 1 N–H and O–H groups in total. The number of β-amino-alcohol motifs (C(OH)–C–C–N with tert-alkyl or cyclic N) is 1. The summed E-state index contributed by atoms with van der Waals surface area (Å²) in [4.78, 5) is 15.6. The summed E-state index contributed by atoms with van der Waals surface area (Å²) in [6.07, 6.45) is 0.459. The highest BCUT2D eigenvalue weighted by Gasteiger charge is 2.23. The standard InChI is InChI=1S/C11H22N2O3/c1-10-9-12(7-8-14)5-6-13(10)4-3-11(15)16-2/h10,14H,3-9H2,1-2H3/t10-/m0/s1. The maximum Gasteiger partial charge on any atom is 0.306 e. The van der Waals surface area contributed by atoms with Crippen LogP contribution in [-0.2, 0) is 9.53 Å². The first kappa shape index (κ1) is 13.4. The van der Waals surface area contributed by atoms with Crippen LogP contribution < -0.4 is 0 Å². The van der Waals surface area contributed by atoms with Gasteiger partial charge in [0.05, 0.1) is 20.1 Å². The van der Waals surface area contributed by atoms with Gasteiger partial charge >= 0.3 is 5.97 Å². The van der Waals surface area contributed by atoms with Crippen LogP contribution in [0.4, 0.5) is 0 Å². The molecule has 1 saturated heterocycles. The van der Waals surface area contributed by atoms with Crippen molar-refractivity contribution in [1.82, 2.24) is 9.80 Å². The van der Waals surface area contributed by atoms with Crippen LogP contribution in [0.2, 0.25) is 0 Å². The number of ether oxygens (including phenoxy) is 1. The highest BCUT2D eigenvalue weighted by Crippen LogP contribution is 2.09. The van der Waals surface area contributed by atoms with Gasteiger partial charge in [0.15, 0.2) is 0 Å². The number of piperazine rings is 1. The Kier molecular flexibility index (Phi) is 5.73. The second kappa shape index (κ2) is 6.83. The Morgan fingerprint density at radius 3 is 2.75 bits per heavy atom. The number of aliphatic hydroxyl groups is 1. The molecular weight excluding hydrogens is 208 g/mol. The van der Waals surface area contributed by atoms with Crippen LogP contribution in [-0.4, -0.2) is 73.4 Å². The van der Waals surface area contributed by atoms with E-state index in [4.69, 9.17) is 5.11 Å². The number of hydrogen-bond donors (Lipinski definition) is 1. The van der Waals surface area contributed by atoms with Gasteiger partial charge < -0.3 is 9.84 Å². The number of hydrogen-bond acceptors (Lipinski definition) is 5. The van der Waals surface area contributed by atoms with Gasteiger partial charge in [0.1, 0.15) is 0 Å². The predicted octanol–water partition coefficient (Wildman–Crippen LogP) is -0.452. The summed E-state index contributed by atoms with van der Waals surface area (Å²) in [6, 6.07) is 0.435. The van der Waals surface area contributed by atoms with Gasteiger partial charge in [-0.25, -0.2) is 0 Å². The van der Waals surface area contributed by atoms with Crippen molar-refractivity contribution in [3.05, 3.63) is 0 Å². The van der Waals surface area contributed by atoms with E-state index in [9.17, 15) is 4.79 Å². The minimum Gasteiger partial charge on any atom is -0.469 e. The summed E-state index contributed by atoms with van der Waals surface area (Å²) >= 11 is 0. The van der Waals surface area contributed by atoms with Gasteiger partial charge in [-0.05, 0) is 6.92 Å². The summed E-state index contributed by atoms with van der Waals surface area (Å²) in [5.74, 6) is -0.148. The van der Waals surface area contributed by atoms with E-state index in [1.54, 1.807) is 0 Å². The van der Waals surface area contributed by atoms with Crippen LogP contribution in [0.25, 0.3) is 0 Å². The summed E-state index contributed by atoms with van der Waals surface area (Å²) in [6.45, 7) is 6.76. The zero-order valence-corrected chi connectivity index (χ0v) is 10.2. The van der Waals surface area contributed by atoms with Gasteiger partial charge in [0.2, 0.25) is 0 Å². The van der Waals surface area contributed by atoms with Crippen molar-refractivity contribution in [3.63, 3.8) is 0 Å². The fraction of sp³-hybridized carbons (Fsp3) is 0.909. The lowest BCUT2D eigenvalue weighted by Gasteiger charge is -2.39. The van der Waals surface area contributed by atoms with Crippen LogP contribution in [0.5, 0.6) is 0 Å².